The van der Waals surface area contributed by atoms with Gasteiger partial charge in [0.1, 0.15) is 12.2 Å². The van der Waals surface area contributed by atoms with Gasteiger partial charge in [0.2, 0.25) is 11.8 Å². The van der Waals surface area contributed by atoms with Crippen molar-refractivity contribution in [2.45, 2.75) is 111 Å². The fourth-order valence-corrected chi connectivity index (χ4v) is 5.87. The number of aliphatic hydroxyl groups excluding tert-OH is 1. The first-order valence-electron chi connectivity index (χ1n) is 15.9. The van der Waals surface area contributed by atoms with Gasteiger partial charge in [-0.2, -0.15) is 0 Å². The molecular formula is C33H52N4O7. The zero-order valence-electron chi connectivity index (χ0n) is 27.5. The summed E-state index contributed by atoms with van der Waals surface area (Å²) >= 11 is 0. The Morgan fingerprint density at radius 2 is 1.86 bits per heavy atom. The number of alkyl carbamates (subject to hydrolysis) is 1. The molecule has 1 aromatic carbocycles. The van der Waals surface area contributed by atoms with E-state index in [1.165, 1.54) is 0 Å². The number of carbonyl (C=O) groups excluding carboxylic acids is 4. The average molecular weight is 617 g/mol. The molecule has 4 atom stereocenters. The molecule has 2 aliphatic rings. The molecule has 11 nitrogen and oxygen atoms in total. The summed E-state index contributed by atoms with van der Waals surface area (Å²) in [5.41, 5.74) is 0.417. The molecule has 3 rings (SSSR count). The zero-order valence-corrected chi connectivity index (χ0v) is 27.5. The first kappa shape index (κ1) is 35.1. The number of fused-ring (bicyclic) bond motifs is 1. The molecular weight excluding hydrogens is 564 g/mol. The first-order chi connectivity index (χ1) is 20.6. The lowest BCUT2D eigenvalue weighted by molar-refractivity contribution is -0.125. The molecule has 1 unspecified atom stereocenters. The summed E-state index contributed by atoms with van der Waals surface area (Å²) < 4.78 is 10.6. The molecule has 1 fully saturated rings. The highest BCUT2D eigenvalue weighted by Gasteiger charge is 2.39. The molecule has 1 saturated heterocycles. The van der Waals surface area contributed by atoms with Crippen molar-refractivity contribution in [2.24, 2.45) is 11.3 Å². The summed E-state index contributed by atoms with van der Waals surface area (Å²) in [5.74, 6) is -0.745. The van der Waals surface area contributed by atoms with Crippen molar-refractivity contribution in [1.29, 1.82) is 0 Å². The summed E-state index contributed by atoms with van der Waals surface area (Å²) in [5, 5.41) is 17.0. The van der Waals surface area contributed by atoms with Gasteiger partial charge < -0.3 is 30.1 Å². The number of nitrogens with one attached hydrogen (secondary N) is 2. The third kappa shape index (κ3) is 10.1. The van der Waals surface area contributed by atoms with Crippen molar-refractivity contribution < 1.29 is 33.8 Å². The van der Waals surface area contributed by atoms with Crippen LogP contribution in [0.15, 0.2) is 24.3 Å². The highest BCUT2D eigenvalue weighted by Crippen LogP contribution is 2.35. The lowest BCUT2D eigenvalue weighted by Crippen LogP contribution is -2.52. The van der Waals surface area contributed by atoms with E-state index in [1.54, 1.807) is 37.5 Å². The molecule has 2 heterocycles. The highest BCUT2D eigenvalue weighted by molar-refractivity contribution is 5.95. The van der Waals surface area contributed by atoms with Crippen molar-refractivity contribution in [3.8, 4) is 0 Å². The number of aliphatic hydroxyl groups is 1. The molecule has 2 aliphatic heterocycles. The monoisotopic (exact) mass is 616 g/mol. The molecule has 246 valence electrons. The van der Waals surface area contributed by atoms with Crippen LogP contribution < -0.4 is 15.5 Å². The number of unbranched alkanes of at least 4 members (excludes halogenated alkanes) is 1. The Morgan fingerprint density at radius 3 is 2.50 bits per heavy atom. The smallest absolute Gasteiger partial charge is 0.410 e. The van der Waals surface area contributed by atoms with Crippen LogP contribution >= 0.6 is 0 Å². The van der Waals surface area contributed by atoms with Gasteiger partial charge in [-0.05, 0) is 63.5 Å². The molecule has 3 N–H and O–H groups in total. The number of hydrogen-bond donors (Lipinski definition) is 3. The minimum absolute atomic E-state index is 0.117. The Balaban J connectivity index is 1.75. The second-order valence-corrected chi connectivity index (χ2v) is 13.9. The molecule has 44 heavy (non-hydrogen) atoms. The van der Waals surface area contributed by atoms with Crippen molar-refractivity contribution in [3.05, 3.63) is 29.8 Å². The fraction of sp³-hybridized carbons (Fsp3) is 0.697. The van der Waals surface area contributed by atoms with Gasteiger partial charge in [-0.25, -0.2) is 9.59 Å². The van der Waals surface area contributed by atoms with Crippen LogP contribution in [0.2, 0.25) is 0 Å². The van der Waals surface area contributed by atoms with Crippen LogP contribution in [-0.4, -0.2) is 84.0 Å². The van der Waals surface area contributed by atoms with E-state index in [0.29, 0.717) is 32.7 Å². The lowest BCUT2D eigenvalue weighted by Gasteiger charge is -2.40. The lowest BCUT2D eigenvalue weighted by atomic mass is 9.79. The van der Waals surface area contributed by atoms with E-state index in [9.17, 15) is 24.3 Å². The van der Waals surface area contributed by atoms with Gasteiger partial charge in [-0.3, -0.25) is 14.5 Å². The minimum Gasteiger partial charge on any atom is -0.448 e. The SMILES string of the molecule is CCCCNC(=O)[C@H](C)C[C@H](O)[C@H](CC(C)(C)CC(=O)N1CC(N2CCOC2=O)Cc2ccccc21)NC(=O)OC(C)(C)C. The summed E-state index contributed by atoms with van der Waals surface area (Å²) in [6, 6.07) is 6.76. The molecule has 0 spiro atoms. The van der Waals surface area contributed by atoms with Gasteiger partial charge >= 0.3 is 12.2 Å². The number of para-hydroxylation sites is 1. The highest BCUT2D eigenvalue weighted by atomic mass is 16.6. The van der Waals surface area contributed by atoms with Crippen LogP contribution in [0, 0.1) is 11.3 Å². The molecule has 0 radical (unpaired) electrons. The topological polar surface area (TPSA) is 138 Å². The summed E-state index contributed by atoms with van der Waals surface area (Å²) in [6.45, 7) is 14.7. The molecule has 11 heteroatoms. The summed E-state index contributed by atoms with van der Waals surface area (Å²) in [6.07, 6.45) is 0.912. The maximum atomic E-state index is 13.9. The van der Waals surface area contributed by atoms with Crippen molar-refractivity contribution in [2.75, 3.05) is 31.1 Å². The first-order valence-corrected chi connectivity index (χ1v) is 15.9. The van der Waals surface area contributed by atoms with Crippen molar-refractivity contribution >= 4 is 29.7 Å². The Hall–Kier alpha value is -3.34. The number of nitrogens with zero attached hydrogens (tertiary/aromatic N) is 2. The number of ether oxygens (including phenoxy) is 2. The number of carbonyl (C=O) groups is 4. The second kappa shape index (κ2) is 15.1. The predicted molar refractivity (Wildman–Crippen MR) is 168 cm³/mol. The maximum Gasteiger partial charge on any atom is 0.410 e. The van der Waals surface area contributed by atoms with Crippen LogP contribution in [0.25, 0.3) is 0 Å². The number of cyclic esters (lactones) is 1. The number of anilines is 1. The van der Waals surface area contributed by atoms with Crippen LogP contribution in [-0.2, 0) is 25.5 Å². The molecule has 0 aliphatic carbocycles. The van der Waals surface area contributed by atoms with Gasteiger partial charge in [0.15, 0.2) is 0 Å². The van der Waals surface area contributed by atoms with Crippen LogP contribution in [0.4, 0.5) is 15.3 Å². The average Bonchev–Trinajstić information content (AvgIpc) is 3.36. The van der Waals surface area contributed by atoms with E-state index in [2.05, 4.69) is 10.6 Å². The fourth-order valence-electron chi connectivity index (χ4n) is 5.87. The van der Waals surface area contributed by atoms with Crippen LogP contribution in [0.1, 0.15) is 86.1 Å². The standard InChI is InChI=1S/C33H52N4O7/c1-8-9-14-34-29(40)22(2)17-27(38)25(35-30(41)44-32(3,4)5)19-33(6,7)20-28(39)37-21-24(36-15-16-43-31(36)42)18-23-12-10-11-13-26(23)37/h10-13,22,24-25,27,38H,8-9,14-21H2,1-7H3,(H,34,40)(H,35,41)/t22-,24?,25+,27+/m1/s1. The van der Waals surface area contributed by atoms with Gasteiger partial charge in [-0.1, -0.05) is 52.3 Å². The van der Waals surface area contributed by atoms with E-state index in [1.807, 2.05) is 45.0 Å². The summed E-state index contributed by atoms with van der Waals surface area (Å²) in [4.78, 5) is 55.1. The second-order valence-electron chi connectivity index (χ2n) is 13.9. The predicted octanol–water partition coefficient (Wildman–Crippen LogP) is 4.40. The summed E-state index contributed by atoms with van der Waals surface area (Å²) in [7, 11) is 0. The van der Waals surface area contributed by atoms with E-state index < -0.39 is 35.2 Å². The normalized spacial score (nSPS) is 19.0. The zero-order chi connectivity index (χ0) is 32.7. The third-order valence-corrected chi connectivity index (χ3v) is 8.11. The Labute approximate surface area is 262 Å². The van der Waals surface area contributed by atoms with E-state index >= 15 is 0 Å². The largest absolute Gasteiger partial charge is 0.448 e. The minimum atomic E-state index is -1.05. The van der Waals surface area contributed by atoms with Gasteiger partial charge in [0.25, 0.3) is 0 Å². The van der Waals surface area contributed by atoms with Crippen molar-refractivity contribution in [1.82, 2.24) is 15.5 Å². The molecule has 0 bridgehead atoms. The van der Waals surface area contributed by atoms with Crippen LogP contribution in [0.5, 0.6) is 0 Å². The van der Waals surface area contributed by atoms with Crippen molar-refractivity contribution in [3.63, 3.8) is 0 Å². The number of amides is 4. The van der Waals surface area contributed by atoms with E-state index in [0.717, 1.165) is 24.1 Å². The van der Waals surface area contributed by atoms with Gasteiger partial charge in [0.05, 0.1) is 24.7 Å². The maximum absolute atomic E-state index is 13.9. The molecule has 4 amide bonds. The Morgan fingerprint density at radius 1 is 1.16 bits per heavy atom. The molecule has 0 saturated carbocycles. The molecule has 1 aromatic rings. The van der Waals surface area contributed by atoms with Gasteiger partial charge in [0, 0.05) is 31.1 Å². The Bertz CT molecular complexity index is 1170. The number of hydrogen-bond acceptors (Lipinski definition) is 7. The molecule has 0 aromatic heterocycles. The quantitative estimate of drug-likeness (QED) is 0.280. The number of benzene rings is 1. The Kier molecular flexibility index (Phi) is 12.1. The number of rotatable bonds is 13. The van der Waals surface area contributed by atoms with E-state index in [-0.39, 0.29) is 43.2 Å². The van der Waals surface area contributed by atoms with Crippen LogP contribution in [0.3, 0.4) is 0 Å². The van der Waals surface area contributed by atoms with Gasteiger partial charge in [-0.15, -0.1) is 0 Å². The van der Waals surface area contributed by atoms with E-state index in [4.69, 9.17) is 9.47 Å². The third-order valence-electron chi connectivity index (χ3n) is 8.11.